The maximum absolute atomic E-state index is 4.38. The van der Waals surface area contributed by atoms with Crippen LogP contribution < -0.4 is 5.32 Å². The summed E-state index contributed by atoms with van der Waals surface area (Å²) < 4.78 is 1.97. The summed E-state index contributed by atoms with van der Waals surface area (Å²) in [5.41, 5.74) is 5.24. The third kappa shape index (κ3) is 1.53. The number of fused-ring (bicyclic) bond motifs is 1. The van der Waals surface area contributed by atoms with Crippen LogP contribution in [0, 0.1) is 6.92 Å². The summed E-state index contributed by atoms with van der Waals surface area (Å²) >= 11 is 0. The highest BCUT2D eigenvalue weighted by molar-refractivity contribution is 5.46. The highest BCUT2D eigenvalue weighted by atomic mass is 15.3. The molecular formula is C13H15N3. The molecule has 0 unspecified atom stereocenters. The van der Waals surface area contributed by atoms with Crippen LogP contribution in [0.4, 0.5) is 0 Å². The fourth-order valence-corrected chi connectivity index (χ4v) is 2.26. The summed E-state index contributed by atoms with van der Waals surface area (Å²) in [6, 6.07) is 6.48. The van der Waals surface area contributed by atoms with Gasteiger partial charge in [-0.3, -0.25) is 0 Å². The van der Waals surface area contributed by atoms with Crippen LogP contribution in [0.2, 0.25) is 0 Å². The second-order valence-electron chi connectivity index (χ2n) is 4.30. The third-order valence-corrected chi connectivity index (χ3v) is 3.08. The molecule has 3 heteroatoms. The Balaban J connectivity index is 2.13. The Morgan fingerprint density at radius 2 is 2.31 bits per heavy atom. The van der Waals surface area contributed by atoms with Gasteiger partial charge in [-0.2, -0.15) is 5.10 Å². The highest BCUT2D eigenvalue weighted by Gasteiger charge is 2.13. The standard InChI is InChI=1S/C13H15N3/c1-10-7-15-16(9-10)13-4-2-3-11-5-6-14-8-12(11)13/h2-4,7,9,14H,5-6,8H2,1H3. The number of nitrogens with zero attached hydrogens (tertiary/aromatic N) is 2. The van der Waals surface area contributed by atoms with E-state index in [1.54, 1.807) is 0 Å². The molecule has 1 aromatic heterocycles. The summed E-state index contributed by atoms with van der Waals surface area (Å²) in [7, 11) is 0. The Labute approximate surface area is 95.1 Å². The average molecular weight is 213 g/mol. The van der Waals surface area contributed by atoms with Gasteiger partial charge in [-0.15, -0.1) is 0 Å². The van der Waals surface area contributed by atoms with Gasteiger partial charge in [0.05, 0.1) is 11.9 Å². The Kier molecular flexibility index (Phi) is 2.26. The molecule has 3 nitrogen and oxygen atoms in total. The van der Waals surface area contributed by atoms with E-state index in [1.165, 1.54) is 22.4 Å². The summed E-state index contributed by atoms with van der Waals surface area (Å²) in [5.74, 6) is 0. The maximum Gasteiger partial charge on any atom is 0.0693 e. The minimum Gasteiger partial charge on any atom is -0.312 e. The molecule has 0 saturated heterocycles. The Hall–Kier alpha value is -1.61. The number of nitrogens with one attached hydrogen (secondary N) is 1. The molecule has 0 aliphatic carbocycles. The van der Waals surface area contributed by atoms with Crippen LogP contribution in [0.5, 0.6) is 0 Å². The first-order valence-electron chi connectivity index (χ1n) is 5.68. The molecule has 0 saturated carbocycles. The third-order valence-electron chi connectivity index (χ3n) is 3.08. The smallest absolute Gasteiger partial charge is 0.0693 e. The molecule has 3 rings (SSSR count). The largest absolute Gasteiger partial charge is 0.312 e. The predicted molar refractivity (Wildman–Crippen MR) is 63.7 cm³/mol. The van der Waals surface area contributed by atoms with Gasteiger partial charge in [0.2, 0.25) is 0 Å². The van der Waals surface area contributed by atoms with E-state index in [9.17, 15) is 0 Å². The van der Waals surface area contributed by atoms with E-state index in [2.05, 4.69) is 41.7 Å². The maximum atomic E-state index is 4.38. The fourth-order valence-electron chi connectivity index (χ4n) is 2.26. The molecule has 2 aromatic rings. The molecule has 0 radical (unpaired) electrons. The molecule has 1 aromatic carbocycles. The van der Waals surface area contributed by atoms with E-state index >= 15 is 0 Å². The van der Waals surface area contributed by atoms with E-state index in [4.69, 9.17) is 0 Å². The van der Waals surface area contributed by atoms with Crippen molar-refractivity contribution < 1.29 is 0 Å². The SMILES string of the molecule is Cc1cnn(-c2cccc3c2CNCC3)c1. The van der Waals surface area contributed by atoms with Crippen molar-refractivity contribution in [2.45, 2.75) is 19.9 Å². The highest BCUT2D eigenvalue weighted by Crippen LogP contribution is 2.21. The first-order valence-corrected chi connectivity index (χ1v) is 5.68. The predicted octanol–water partition coefficient (Wildman–Crippen LogP) is 1.83. The lowest BCUT2D eigenvalue weighted by molar-refractivity contribution is 0.637. The van der Waals surface area contributed by atoms with Crippen LogP contribution in [-0.4, -0.2) is 16.3 Å². The van der Waals surface area contributed by atoms with E-state index in [0.29, 0.717) is 0 Å². The molecule has 0 atom stereocenters. The molecule has 1 aliphatic rings. The van der Waals surface area contributed by atoms with Crippen molar-refractivity contribution >= 4 is 0 Å². The minimum atomic E-state index is 0.949. The van der Waals surface area contributed by atoms with Crippen LogP contribution >= 0.6 is 0 Å². The van der Waals surface area contributed by atoms with Gasteiger partial charge in [0, 0.05) is 12.7 Å². The number of aromatic nitrogens is 2. The molecule has 1 aliphatic heterocycles. The molecular weight excluding hydrogens is 198 g/mol. The molecule has 0 fully saturated rings. The molecule has 82 valence electrons. The van der Waals surface area contributed by atoms with Crippen molar-refractivity contribution in [2.75, 3.05) is 6.54 Å². The van der Waals surface area contributed by atoms with E-state index in [0.717, 1.165) is 19.5 Å². The molecule has 2 heterocycles. The van der Waals surface area contributed by atoms with Crippen LogP contribution in [-0.2, 0) is 13.0 Å². The number of benzene rings is 1. The summed E-state index contributed by atoms with van der Waals surface area (Å²) in [5, 5.41) is 7.80. The van der Waals surface area contributed by atoms with Gasteiger partial charge in [-0.05, 0) is 42.6 Å². The lowest BCUT2D eigenvalue weighted by Crippen LogP contribution is -2.25. The van der Waals surface area contributed by atoms with E-state index in [-0.39, 0.29) is 0 Å². The summed E-state index contributed by atoms with van der Waals surface area (Å²) in [6.07, 6.45) is 5.09. The lowest BCUT2D eigenvalue weighted by atomic mass is 9.99. The van der Waals surface area contributed by atoms with Crippen LogP contribution in [0.15, 0.2) is 30.6 Å². The first-order chi connectivity index (χ1) is 7.84. The number of hydrogen-bond donors (Lipinski definition) is 1. The van der Waals surface area contributed by atoms with E-state index in [1.807, 2.05) is 10.9 Å². The number of aryl methyl sites for hydroxylation is 1. The molecule has 0 bridgehead atoms. The zero-order valence-corrected chi connectivity index (χ0v) is 9.40. The normalized spacial score (nSPS) is 14.8. The van der Waals surface area contributed by atoms with Gasteiger partial charge in [-0.1, -0.05) is 12.1 Å². The minimum absolute atomic E-state index is 0.949. The monoisotopic (exact) mass is 213 g/mol. The van der Waals surface area contributed by atoms with Crippen LogP contribution in [0.25, 0.3) is 5.69 Å². The zero-order chi connectivity index (χ0) is 11.0. The Bertz CT molecular complexity index is 514. The van der Waals surface area contributed by atoms with Crippen molar-refractivity contribution in [1.82, 2.24) is 15.1 Å². The molecule has 16 heavy (non-hydrogen) atoms. The molecule has 0 amide bonds. The second kappa shape index (κ2) is 3.76. The zero-order valence-electron chi connectivity index (χ0n) is 9.40. The lowest BCUT2D eigenvalue weighted by Gasteiger charge is -2.20. The number of rotatable bonds is 1. The van der Waals surface area contributed by atoms with Crippen molar-refractivity contribution in [3.05, 3.63) is 47.3 Å². The van der Waals surface area contributed by atoms with Crippen LogP contribution in [0.3, 0.4) is 0 Å². The summed E-state index contributed by atoms with van der Waals surface area (Å²) in [6.45, 7) is 4.09. The Morgan fingerprint density at radius 3 is 3.12 bits per heavy atom. The van der Waals surface area contributed by atoms with Gasteiger partial charge in [0.25, 0.3) is 0 Å². The van der Waals surface area contributed by atoms with Gasteiger partial charge in [0.15, 0.2) is 0 Å². The van der Waals surface area contributed by atoms with Crippen molar-refractivity contribution in [2.24, 2.45) is 0 Å². The van der Waals surface area contributed by atoms with Gasteiger partial charge >= 0.3 is 0 Å². The number of hydrogen-bond acceptors (Lipinski definition) is 2. The quantitative estimate of drug-likeness (QED) is 0.783. The fraction of sp³-hybridized carbons (Fsp3) is 0.308. The summed E-state index contributed by atoms with van der Waals surface area (Å²) in [4.78, 5) is 0. The topological polar surface area (TPSA) is 29.9 Å². The van der Waals surface area contributed by atoms with Gasteiger partial charge in [-0.25, -0.2) is 4.68 Å². The molecule has 1 N–H and O–H groups in total. The van der Waals surface area contributed by atoms with Crippen molar-refractivity contribution in [1.29, 1.82) is 0 Å². The Morgan fingerprint density at radius 1 is 1.38 bits per heavy atom. The van der Waals surface area contributed by atoms with E-state index < -0.39 is 0 Å². The van der Waals surface area contributed by atoms with Gasteiger partial charge in [0.1, 0.15) is 0 Å². The molecule has 0 spiro atoms. The van der Waals surface area contributed by atoms with Crippen LogP contribution in [0.1, 0.15) is 16.7 Å². The first kappa shape index (κ1) is 9.60. The van der Waals surface area contributed by atoms with Crippen molar-refractivity contribution in [3.8, 4) is 5.69 Å². The van der Waals surface area contributed by atoms with Crippen molar-refractivity contribution in [3.63, 3.8) is 0 Å². The second-order valence-corrected chi connectivity index (χ2v) is 4.30. The average Bonchev–Trinajstić information content (AvgIpc) is 2.75. The van der Waals surface area contributed by atoms with Gasteiger partial charge < -0.3 is 5.32 Å².